The van der Waals surface area contributed by atoms with Gasteiger partial charge in [-0.05, 0) is 37.6 Å². The van der Waals surface area contributed by atoms with Gasteiger partial charge in [0.25, 0.3) is 5.91 Å². The highest BCUT2D eigenvalue weighted by atomic mass is 19.1. The topological polar surface area (TPSA) is 58.4 Å². The van der Waals surface area contributed by atoms with Crippen molar-refractivity contribution in [1.82, 2.24) is 10.2 Å². The van der Waals surface area contributed by atoms with E-state index in [9.17, 15) is 9.18 Å². The highest BCUT2D eigenvalue weighted by Crippen LogP contribution is 2.36. The molecule has 2 aliphatic heterocycles. The van der Waals surface area contributed by atoms with Gasteiger partial charge in [0, 0.05) is 30.7 Å². The molecule has 19 heavy (non-hydrogen) atoms. The molecule has 0 radical (unpaired) electrons. The first-order valence-corrected chi connectivity index (χ1v) is 6.65. The SMILES string of the molecule is Nc1ccc(F)cc1C(=O)N1CCC2(CCNC2)C1. The smallest absolute Gasteiger partial charge is 0.256 e. The second-order valence-corrected chi connectivity index (χ2v) is 5.64. The van der Waals surface area contributed by atoms with E-state index in [1.807, 2.05) is 0 Å². The van der Waals surface area contributed by atoms with Gasteiger partial charge in [0.05, 0.1) is 5.56 Å². The largest absolute Gasteiger partial charge is 0.398 e. The summed E-state index contributed by atoms with van der Waals surface area (Å²) < 4.78 is 13.3. The maximum atomic E-state index is 13.3. The summed E-state index contributed by atoms with van der Waals surface area (Å²) in [4.78, 5) is 14.2. The molecular formula is C14H18FN3O. The van der Waals surface area contributed by atoms with E-state index in [1.54, 1.807) is 4.90 Å². The number of carbonyl (C=O) groups excluding carboxylic acids is 1. The molecule has 1 aromatic rings. The minimum Gasteiger partial charge on any atom is -0.398 e. The number of carbonyl (C=O) groups is 1. The second-order valence-electron chi connectivity index (χ2n) is 5.64. The summed E-state index contributed by atoms with van der Waals surface area (Å²) in [6.45, 7) is 3.46. The number of nitrogen functional groups attached to an aromatic ring is 1. The zero-order chi connectivity index (χ0) is 13.5. The molecule has 102 valence electrons. The molecule has 0 aliphatic carbocycles. The zero-order valence-corrected chi connectivity index (χ0v) is 10.8. The van der Waals surface area contributed by atoms with Gasteiger partial charge >= 0.3 is 0 Å². The summed E-state index contributed by atoms with van der Waals surface area (Å²) in [5, 5.41) is 3.35. The zero-order valence-electron chi connectivity index (χ0n) is 10.8. The monoisotopic (exact) mass is 263 g/mol. The summed E-state index contributed by atoms with van der Waals surface area (Å²) >= 11 is 0. The Balaban J connectivity index is 1.79. The van der Waals surface area contributed by atoms with Gasteiger partial charge in [0.2, 0.25) is 0 Å². The van der Waals surface area contributed by atoms with E-state index in [4.69, 9.17) is 5.73 Å². The molecule has 0 saturated carbocycles. The van der Waals surface area contributed by atoms with Gasteiger partial charge in [-0.3, -0.25) is 4.79 Å². The van der Waals surface area contributed by atoms with Crippen molar-refractivity contribution < 1.29 is 9.18 Å². The fourth-order valence-electron chi connectivity index (χ4n) is 3.14. The maximum Gasteiger partial charge on any atom is 0.256 e. The van der Waals surface area contributed by atoms with Crippen molar-refractivity contribution >= 4 is 11.6 Å². The van der Waals surface area contributed by atoms with Crippen LogP contribution < -0.4 is 11.1 Å². The van der Waals surface area contributed by atoms with Crippen molar-refractivity contribution in [1.29, 1.82) is 0 Å². The Morgan fingerprint density at radius 3 is 3.00 bits per heavy atom. The Morgan fingerprint density at radius 1 is 1.42 bits per heavy atom. The molecule has 3 N–H and O–H groups in total. The standard InChI is InChI=1S/C14H18FN3O/c15-10-1-2-12(16)11(7-10)13(19)18-6-4-14(9-18)3-5-17-8-14/h1-2,7,17H,3-6,8-9,16H2. The van der Waals surface area contributed by atoms with E-state index < -0.39 is 5.82 Å². The molecule has 0 aromatic heterocycles. The first-order chi connectivity index (χ1) is 9.10. The van der Waals surface area contributed by atoms with E-state index in [-0.39, 0.29) is 16.9 Å². The highest BCUT2D eigenvalue weighted by Gasteiger charge is 2.42. The Bertz CT molecular complexity index is 511. The number of likely N-dealkylation sites (tertiary alicyclic amines) is 1. The molecule has 3 rings (SSSR count). The Morgan fingerprint density at radius 2 is 2.26 bits per heavy atom. The Labute approximate surface area is 111 Å². The molecule has 1 amide bonds. The van der Waals surface area contributed by atoms with Crippen LogP contribution in [0.4, 0.5) is 10.1 Å². The molecular weight excluding hydrogens is 245 g/mol. The van der Waals surface area contributed by atoms with Gasteiger partial charge < -0.3 is 16.0 Å². The lowest BCUT2D eigenvalue weighted by molar-refractivity contribution is 0.0776. The van der Waals surface area contributed by atoms with Crippen molar-refractivity contribution in [3.05, 3.63) is 29.6 Å². The van der Waals surface area contributed by atoms with Gasteiger partial charge in [-0.15, -0.1) is 0 Å². The highest BCUT2D eigenvalue weighted by molar-refractivity contribution is 5.99. The average molecular weight is 263 g/mol. The lowest BCUT2D eigenvalue weighted by Crippen LogP contribution is -2.33. The second kappa shape index (κ2) is 4.49. The van der Waals surface area contributed by atoms with Gasteiger partial charge in [-0.1, -0.05) is 0 Å². The third-order valence-electron chi connectivity index (χ3n) is 4.30. The fourth-order valence-corrected chi connectivity index (χ4v) is 3.14. The molecule has 2 fully saturated rings. The molecule has 1 unspecified atom stereocenters. The molecule has 2 heterocycles. The molecule has 2 saturated heterocycles. The van der Waals surface area contributed by atoms with Gasteiger partial charge in [0.15, 0.2) is 0 Å². The van der Waals surface area contributed by atoms with Gasteiger partial charge in [-0.25, -0.2) is 4.39 Å². The summed E-state index contributed by atoms with van der Waals surface area (Å²) in [5.74, 6) is -0.574. The van der Waals surface area contributed by atoms with E-state index in [0.717, 1.165) is 39.0 Å². The summed E-state index contributed by atoms with van der Waals surface area (Å²) in [6.07, 6.45) is 2.12. The molecule has 1 spiro atoms. The van der Waals surface area contributed by atoms with Crippen LogP contribution in [0, 0.1) is 11.2 Å². The van der Waals surface area contributed by atoms with Crippen molar-refractivity contribution in [3.63, 3.8) is 0 Å². The number of halogens is 1. The Hall–Kier alpha value is -1.62. The quantitative estimate of drug-likeness (QED) is 0.749. The van der Waals surface area contributed by atoms with Crippen molar-refractivity contribution in [2.75, 3.05) is 31.9 Å². The van der Waals surface area contributed by atoms with Gasteiger partial charge in [-0.2, -0.15) is 0 Å². The fraction of sp³-hybridized carbons (Fsp3) is 0.500. The van der Waals surface area contributed by atoms with E-state index in [2.05, 4.69) is 5.32 Å². The van der Waals surface area contributed by atoms with Crippen LogP contribution >= 0.6 is 0 Å². The minimum atomic E-state index is -0.422. The Kier molecular flexibility index (Phi) is 2.93. The van der Waals surface area contributed by atoms with Gasteiger partial charge in [0.1, 0.15) is 5.82 Å². The number of hydrogen-bond donors (Lipinski definition) is 2. The molecule has 4 nitrogen and oxygen atoms in total. The number of rotatable bonds is 1. The summed E-state index contributed by atoms with van der Waals surface area (Å²) in [5.41, 5.74) is 6.62. The molecule has 0 bridgehead atoms. The molecule has 1 atom stereocenters. The van der Waals surface area contributed by atoms with Crippen molar-refractivity contribution in [3.8, 4) is 0 Å². The van der Waals surface area contributed by atoms with Crippen LogP contribution in [-0.2, 0) is 0 Å². The van der Waals surface area contributed by atoms with E-state index in [0.29, 0.717) is 5.69 Å². The number of hydrogen-bond acceptors (Lipinski definition) is 3. The maximum absolute atomic E-state index is 13.3. The van der Waals surface area contributed by atoms with Crippen molar-refractivity contribution in [2.45, 2.75) is 12.8 Å². The minimum absolute atomic E-state index is 0.152. The number of anilines is 1. The van der Waals surface area contributed by atoms with Crippen LogP contribution in [0.15, 0.2) is 18.2 Å². The number of nitrogens with zero attached hydrogens (tertiary/aromatic N) is 1. The number of amides is 1. The normalized spacial score (nSPS) is 26.3. The van der Waals surface area contributed by atoms with Crippen LogP contribution in [-0.4, -0.2) is 37.0 Å². The number of nitrogens with one attached hydrogen (secondary N) is 1. The third kappa shape index (κ3) is 2.18. The lowest BCUT2D eigenvalue weighted by Gasteiger charge is -2.23. The predicted molar refractivity (Wildman–Crippen MR) is 71.3 cm³/mol. The van der Waals surface area contributed by atoms with E-state index >= 15 is 0 Å². The summed E-state index contributed by atoms with van der Waals surface area (Å²) in [7, 11) is 0. The van der Waals surface area contributed by atoms with Crippen LogP contribution in [0.1, 0.15) is 23.2 Å². The van der Waals surface area contributed by atoms with Crippen LogP contribution in [0.2, 0.25) is 0 Å². The average Bonchev–Trinajstić information content (AvgIpc) is 3.03. The van der Waals surface area contributed by atoms with Crippen LogP contribution in [0.25, 0.3) is 0 Å². The number of benzene rings is 1. The summed E-state index contributed by atoms with van der Waals surface area (Å²) in [6, 6.07) is 3.96. The van der Waals surface area contributed by atoms with Crippen LogP contribution in [0.3, 0.4) is 0 Å². The first-order valence-electron chi connectivity index (χ1n) is 6.65. The first kappa shape index (κ1) is 12.4. The molecule has 5 heteroatoms. The molecule has 2 aliphatic rings. The van der Waals surface area contributed by atoms with Crippen molar-refractivity contribution in [2.24, 2.45) is 5.41 Å². The third-order valence-corrected chi connectivity index (χ3v) is 4.30. The molecule has 1 aromatic carbocycles. The van der Waals surface area contributed by atoms with Crippen LogP contribution in [0.5, 0.6) is 0 Å². The van der Waals surface area contributed by atoms with E-state index in [1.165, 1.54) is 18.2 Å². The predicted octanol–water partition coefficient (Wildman–Crippen LogP) is 1.23. The lowest BCUT2D eigenvalue weighted by atomic mass is 9.86. The number of nitrogens with two attached hydrogens (primary N) is 1.